The van der Waals surface area contributed by atoms with Gasteiger partial charge in [0.2, 0.25) is 0 Å². The number of rotatable bonds is 27. The molecular formula is C54H54O18. The molecule has 0 unspecified atom stereocenters. The molecule has 0 aromatic heterocycles. The van der Waals surface area contributed by atoms with Gasteiger partial charge in [0.25, 0.3) is 0 Å². The van der Waals surface area contributed by atoms with E-state index in [2.05, 4.69) is 0 Å². The number of hydrogen-bond acceptors (Lipinski definition) is 18. The fourth-order valence-corrected chi connectivity index (χ4v) is 6.17. The Balaban J connectivity index is 0.000000234. The van der Waals surface area contributed by atoms with Gasteiger partial charge in [-0.25, -0.2) is 0 Å². The first kappa shape index (κ1) is 55.5. The molecule has 72 heavy (non-hydrogen) atoms. The van der Waals surface area contributed by atoms with Gasteiger partial charge in [-0.05, 0) is 109 Å². The Hall–Kier alpha value is -9.06. The van der Waals surface area contributed by atoms with Crippen molar-refractivity contribution in [2.45, 2.75) is 0 Å². The summed E-state index contributed by atoms with van der Waals surface area (Å²) >= 11 is 0. The Morgan fingerprint density at radius 2 is 0.375 bits per heavy atom. The Kier molecular flexibility index (Phi) is 23.5. The highest BCUT2D eigenvalue weighted by Crippen LogP contribution is 2.32. The maximum atomic E-state index is 10.8. The average molecular weight is 991 g/mol. The van der Waals surface area contributed by atoms with Crippen LogP contribution in [-0.4, -0.2) is 120 Å². The van der Waals surface area contributed by atoms with Gasteiger partial charge in [-0.2, -0.15) is 0 Å². The highest BCUT2D eigenvalue weighted by Gasteiger charge is 2.12. The molecule has 0 saturated carbocycles. The zero-order chi connectivity index (χ0) is 52.1. The van der Waals surface area contributed by atoms with Crippen LogP contribution in [0.25, 0.3) is 0 Å². The van der Waals surface area contributed by atoms with Crippen LogP contribution in [0.2, 0.25) is 0 Å². The molecule has 378 valence electrons. The summed E-state index contributed by atoms with van der Waals surface area (Å²) in [5.41, 5.74) is 3.06. The van der Waals surface area contributed by atoms with Gasteiger partial charge in [0.05, 0.1) is 42.7 Å². The Morgan fingerprint density at radius 3 is 0.486 bits per heavy atom. The average Bonchev–Trinajstić information content (AvgIpc) is 3.44. The molecule has 18 nitrogen and oxygen atoms in total. The fourth-order valence-electron chi connectivity index (χ4n) is 6.17. The first-order valence-corrected chi connectivity index (χ1v) is 21.7. The van der Waals surface area contributed by atoms with E-state index < -0.39 is 0 Å². The van der Waals surface area contributed by atoms with Crippen LogP contribution in [0.1, 0.15) is 62.1 Å². The van der Waals surface area contributed by atoms with E-state index in [-0.39, 0.29) is 39.6 Å². The normalized spacial score (nSPS) is 9.92. The first-order valence-electron chi connectivity index (χ1n) is 21.7. The number of ether oxygens (including phenoxy) is 12. The van der Waals surface area contributed by atoms with Crippen LogP contribution in [0.5, 0.6) is 69.0 Å². The summed E-state index contributed by atoms with van der Waals surface area (Å²) in [6.07, 6.45) is 4.44. The van der Waals surface area contributed by atoms with Crippen molar-refractivity contribution in [2.24, 2.45) is 0 Å². The predicted molar refractivity (Wildman–Crippen MR) is 263 cm³/mol. The van der Waals surface area contributed by atoms with Crippen molar-refractivity contribution >= 4 is 37.7 Å². The highest BCUT2D eigenvalue weighted by atomic mass is 16.6. The monoisotopic (exact) mass is 990 g/mol. The molecule has 6 rings (SSSR count). The molecule has 6 aromatic carbocycles. The van der Waals surface area contributed by atoms with E-state index in [9.17, 15) is 28.8 Å². The standard InChI is InChI=1S/3C18H18O6/c3*1-21-17-9-13(11-19)3-5-15(17)23-7-8-24-16-6-4-14(12-20)10-18(16)22-2/h3*3-6,9-12H,7-8H2,1-2H3. The van der Waals surface area contributed by atoms with Crippen LogP contribution >= 0.6 is 0 Å². The molecule has 0 heterocycles. The molecule has 0 spiro atoms. The topological polar surface area (TPSA) is 213 Å². The third-order valence-corrected chi connectivity index (χ3v) is 9.74. The second-order valence-corrected chi connectivity index (χ2v) is 14.3. The third kappa shape index (κ3) is 16.9. The molecule has 0 fully saturated rings. The molecule has 0 bridgehead atoms. The van der Waals surface area contributed by atoms with Gasteiger partial charge < -0.3 is 56.8 Å². The highest BCUT2D eigenvalue weighted by molar-refractivity contribution is 5.79. The van der Waals surface area contributed by atoms with Gasteiger partial charge in [-0.1, -0.05) is 0 Å². The van der Waals surface area contributed by atoms with Gasteiger partial charge in [0.15, 0.2) is 69.0 Å². The number of benzene rings is 6. The summed E-state index contributed by atoms with van der Waals surface area (Å²) in [4.78, 5) is 64.6. The van der Waals surface area contributed by atoms with Crippen LogP contribution in [0.15, 0.2) is 109 Å². The molecule has 6 aromatic rings. The summed E-state index contributed by atoms with van der Waals surface area (Å²) in [5.74, 6) is 6.01. The molecule has 0 aliphatic rings. The van der Waals surface area contributed by atoms with Crippen molar-refractivity contribution in [3.63, 3.8) is 0 Å². The van der Waals surface area contributed by atoms with Crippen molar-refractivity contribution in [3.05, 3.63) is 143 Å². The summed E-state index contributed by atoms with van der Waals surface area (Å²) < 4.78 is 64.8. The second kappa shape index (κ2) is 30.4. The molecule has 0 amide bonds. The summed E-state index contributed by atoms with van der Waals surface area (Å²) in [6.45, 7) is 1.64. The zero-order valence-electron chi connectivity index (χ0n) is 40.4. The van der Waals surface area contributed by atoms with E-state index in [1.54, 1.807) is 109 Å². The molecule has 0 atom stereocenters. The van der Waals surface area contributed by atoms with Crippen molar-refractivity contribution in [1.82, 2.24) is 0 Å². The van der Waals surface area contributed by atoms with Gasteiger partial charge in [-0.3, -0.25) is 28.8 Å². The number of aldehydes is 6. The van der Waals surface area contributed by atoms with E-state index in [0.717, 1.165) is 37.7 Å². The van der Waals surface area contributed by atoms with E-state index in [1.165, 1.54) is 42.7 Å². The molecule has 0 aliphatic heterocycles. The smallest absolute Gasteiger partial charge is 0.161 e. The Morgan fingerprint density at radius 1 is 0.236 bits per heavy atom. The van der Waals surface area contributed by atoms with Gasteiger partial charge in [-0.15, -0.1) is 0 Å². The van der Waals surface area contributed by atoms with Crippen molar-refractivity contribution in [3.8, 4) is 69.0 Å². The Labute approximate surface area is 416 Å². The Bertz CT molecular complexity index is 2240. The lowest BCUT2D eigenvalue weighted by Gasteiger charge is -2.13. The molecule has 0 aliphatic carbocycles. The van der Waals surface area contributed by atoms with Crippen molar-refractivity contribution < 1.29 is 85.6 Å². The van der Waals surface area contributed by atoms with E-state index in [1.807, 2.05) is 0 Å². The SMILES string of the molecule is COc1cc(C=O)ccc1OCCOc1ccc(C=O)cc1OC.COc1cc(C=O)ccc1OCCOc1ccc(C=O)cc1OC.COc1cc(C=O)ccc1OCCOc1ccc(C=O)cc1OC. The van der Waals surface area contributed by atoms with E-state index in [0.29, 0.717) is 102 Å². The maximum absolute atomic E-state index is 10.8. The van der Waals surface area contributed by atoms with Crippen LogP contribution in [0.3, 0.4) is 0 Å². The molecule has 0 radical (unpaired) electrons. The van der Waals surface area contributed by atoms with Crippen LogP contribution in [0.4, 0.5) is 0 Å². The summed E-state index contributed by atoms with van der Waals surface area (Å²) in [7, 11) is 9.04. The van der Waals surface area contributed by atoms with Gasteiger partial charge in [0.1, 0.15) is 77.4 Å². The number of methoxy groups -OCH3 is 6. The minimum Gasteiger partial charge on any atom is -0.493 e. The number of carbonyl (C=O) groups excluding carboxylic acids is 6. The predicted octanol–water partition coefficient (Wildman–Crippen LogP) is 8.36. The van der Waals surface area contributed by atoms with Crippen LogP contribution < -0.4 is 56.8 Å². The van der Waals surface area contributed by atoms with E-state index in [4.69, 9.17) is 56.8 Å². The molecule has 0 saturated heterocycles. The molecular weight excluding hydrogens is 937 g/mol. The lowest BCUT2D eigenvalue weighted by Crippen LogP contribution is -2.10. The van der Waals surface area contributed by atoms with Crippen molar-refractivity contribution in [2.75, 3.05) is 82.3 Å². The quantitative estimate of drug-likeness (QED) is 0.0350. The zero-order valence-corrected chi connectivity index (χ0v) is 40.4. The number of carbonyl (C=O) groups is 6. The van der Waals surface area contributed by atoms with Crippen LogP contribution in [-0.2, 0) is 0 Å². The van der Waals surface area contributed by atoms with Crippen molar-refractivity contribution in [1.29, 1.82) is 0 Å². The first-order chi connectivity index (χ1) is 35.1. The van der Waals surface area contributed by atoms with Crippen LogP contribution in [0, 0.1) is 0 Å². The minimum absolute atomic E-state index is 0.273. The lowest BCUT2D eigenvalue weighted by atomic mass is 10.2. The second-order valence-electron chi connectivity index (χ2n) is 14.3. The summed E-state index contributed by atoms with van der Waals surface area (Å²) in [5, 5.41) is 0. The molecule has 18 heteroatoms. The van der Waals surface area contributed by atoms with Gasteiger partial charge >= 0.3 is 0 Å². The number of hydrogen-bond donors (Lipinski definition) is 0. The van der Waals surface area contributed by atoms with Gasteiger partial charge in [0, 0.05) is 33.4 Å². The summed E-state index contributed by atoms with van der Waals surface area (Å²) in [6, 6.07) is 29.5. The largest absolute Gasteiger partial charge is 0.493 e. The fraction of sp³-hybridized carbons (Fsp3) is 0.222. The minimum atomic E-state index is 0.273. The molecule has 0 N–H and O–H groups in total. The van der Waals surface area contributed by atoms with E-state index >= 15 is 0 Å². The lowest BCUT2D eigenvalue weighted by molar-refractivity contribution is 0.111. The maximum Gasteiger partial charge on any atom is 0.161 e. The third-order valence-electron chi connectivity index (χ3n) is 9.74.